The van der Waals surface area contributed by atoms with Gasteiger partial charge in [0.15, 0.2) is 23.0 Å². The van der Waals surface area contributed by atoms with Crippen molar-refractivity contribution in [1.82, 2.24) is 5.16 Å². The van der Waals surface area contributed by atoms with Crippen LogP contribution < -0.4 is 18.9 Å². The highest BCUT2D eigenvalue weighted by Gasteiger charge is 2.17. The van der Waals surface area contributed by atoms with Gasteiger partial charge in [0, 0.05) is 6.08 Å². The van der Waals surface area contributed by atoms with Crippen LogP contribution in [0.25, 0.3) is 6.08 Å². The molecule has 1 aromatic heterocycles. The Kier molecular flexibility index (Phi) is 7.92. The summed E-state index contributed by atoms with van der Waals surface area (Å²) in [5, 5.41) is 3.91. The molecular formula is C25H25NO8. The molecule has 3 aromatic rings. The summed E-state index contributed by atoms with van der Waals surface area (Å²) >= 11 is 0. The standard InChI is InChI=1S/C25H25NO8/c1-15-19(16(2)34-26-15)14-32-20-10-8-18(13-23(20)30-4)25(28)33-21-9-6-17(12-22(21)29-3)7-11-24(27)31-5/h6-13H,14H2,1-5H3/b11-7+. The number of nitrogens with zero attached hydrogens (tertiary/aromatic N) is 1. The zero-order chi connectivity index (χ0) is 24.7. The Labute approximate surface area is 196 Å². The number of methoxy groups -OCH3 is 3. The normalized spacial score (nSPS) is 10.7. The largest absolute Gasteiger partial charge is 0.493 e. The van der Waals surface area contributed by atoms with E-state index in [-0.39, 0.29) is 17.9 Å². The molecule has 9 nitrogen and oxygen atoms in total. The second-order valence-electron chi connectivity index (χ2n) is 7.11. The van der Waals surface area contributed by atoms with Gasteiger partial charge in [-0.25, -0.2) is 9.59 Å². The first-order chi connectivity index (χ1) is 16.4. The van der Waals surface area contributed by atoms with Crippen molar-refractivity contribution in [1.29, 1.82) is 0 Å². The quantitative estimate of drug-likeness (QED) is 0.259. The minimum atomic E-state index is -0.605. The van der Waals surface area contributed by atoms with Gasteiger partial charge in [-0.05, 0) is 55.8 Å². The molecule has 0 radical (unpaired) electrons. The third-order valence-electron chi connectivity index (χ3n) is 4.96. The molecular weight excluding hydrogens is 442 g/mol. The van der Waals surface area contributed by atoms with Crippen molar-refractivity contribution in [2.75, 3.05) is 21.3 Å². The van der Waals surface area contributed by atoms with Gasteiger partial charge < -0.3 is 28.2 Å². The van der Waals surface area contributed by atoms with Gasteiger partial charge >= 0.3 is 11.9 Å². The molecule has 0 saturated carbocycles. The van der Waals surface area contributed by atoms with Crippen molar-refractivity contribution in [2.24, 2.45) is 0 Å². The second-order valence-corrected chi connectivity index (χ2v) is 7.11. The summed E-state index contributed by atoms with van der Waals surface area (Å²) in [4.78, 5) is 24.0. The Morgan fingerprint density at radius 3 is 2.29 bits per heavy atom. The number of carbonyl (C=O) groups excluding carboxylic acids is 2. The highest BCUT2D eigenvalue weighted by atomic mass is 16.6. The van der Waals surface area contributed by atoms with E-state index < -0.39 is 11.9 Å². The number of hydrogen-bond donors (Lipinski definition) is 0. The molecule has 0 spiro atoms. The van der Waals surface area contributed by atoms with Crippen LogP contribution in [0.3, 0.4) is 0 Å². The van der Waals surface area contributed by atoms with E-state index in [2.05, 4.69) is 9.89 Å². The number of hydrogen-bond acceptors (Lipinski definition) is 9. The summed E-state index contributed by atoms with van der Waals surface area (Å²) in [5.74, 6) is 0.966. The van der Waals surface area contributed by atoms with Crippen LogP contribution in [0.15, 0.2) is 47.0 Å². The highest BCUT2D eigenvalue weighted by Crippen LogP contribution is 2.32. The van der Waals surface area contributed by atoms with Crippen molar-refractivity contribution in [3.05, 3.63) is 70.6 Å². The van der Waals surface area contributed by atoms with Gasteiger partial charge in [-0.1, -0.05) is 11.2 Å². The molecule has 0 saturated heterocycles. The first kappa shape index (κ1) is 24.4. The van der Waals surface area contributed by atoms with E-state index >= 15 is 0 Å². The number of carbonyl (C=O) groups is 2. The lowest BCUT2D eigenvalue weighted by Gasteiger charge is -2.13. The Balaban J connectivity index is 1.74. The fourth-order valence-corrected chi connectivity index (χ4v) is 3.03. The average molecular weight is 467 g/mol. The zero-order valence-electron chi connectivity index (χ0n) is 19.5. The Morgan fingerprint density at radius 2 is 1.65 bits per heavy atom. The van der Waals surface area contributed by atoms with E-state index in [1.54, 1.807) is 36.4 Å². The minimum absolute atomic E-state index is 0.223. The van der Waals surface area contributed by atoms with Crippen molar-refractivity contribution in [3.8, 4) is 23.0 Å². The van der Waals surface area contributed by atoms with Crippen LogP contribution in [0, 0.1) is 13.8 Å². The third-order valence-corrected chi connectivity index (χ3v) is 4.96. The number of rotatable bonds is 9. The molecule has 0 unspecified atom stereocenters. The maximum atomic E-state index is 12.8. The highest BCUT2D eigenvalue weighted by molar-refractivity contribution is 5.92. The third kappa shape index (κ3) is 5.74. The van der Waals surface area contributed by atoms with Crippen LogP contribution in [0.2, 0.25) is 0 Å². The van der Waals surface area contributed by atoms with Gasteiger partial charge in [0.1, 0.15) is 12.4 Å². The molecule has 0 aliphatic carbocycles. The topological polar surface area (TPSA) is 106 Å². The number of aromatic nitrogens is 1. The molecule has 0 aliphatic heterocycles. The summed E-state index contributed by atoms with van der Waals surface area (Å²) < 4.78 is 31.8. The Bertz CT molecular complexity index is 1190. The molecule has 0 fully saturated rings. The molecule has 0 N–H and O–H groups in total. The SMILES string of the molecule is COC(=O)/C=C/c1ccc(OC(=O)c2ccc(OCc3c(C)noc3C)c(OC)c2)c(OC)c1. The first-order valence-corrected chi connectivity index (χ1v) is 10.2. The van der Waals surface area contributed by atoms with Gasteiger partial charge in [0.2, 0.25) is 0 Å². The number of aryl methyl sites for hydroxylation is 2. The fourth-order valence-electron chi connectivity index (χ4n) is 3.03. The molecule has 0 aliphatic rings. The van der Waals surface area contributed by atoms with Crippen LogP contribution in [0.1, 0.15) is 32.9 Å². The van der Waals surface area contributed by atoms with Gasteiger partial charge in [0.05, 0.1) is 38.2 Å². The monoisotopic (exact) mass is 467 g/mol. The van der Waals surface area contributed by atoms with Crippen molar-refractivity contribution in [3.63, 3.8) is 0 Å². The molecule has 2 aromatic carbocycles. The minimum Gasteiger partial charge on any atom is -0.493 e. The lowest BCUT2D eigenvalue weighted by molar-refractivity contribution is -0.134. The first-order valence-electron chi connectivity index (χ1n) is 10.2. The van der Waals surface area contributed by atoms with Gasteiger partial charge in [-0.3, -0.25) is 0 Å². The summed E-state index contributed by atoms with van der Waals surface area (Å²) in [6.07, 6.45) is 2.84. The van der Waals surface area contributed by atoms with Crippen molar-refractivity contribution >= 4 is 18.0 Å². The number of ether oxygens (including phenoxy) is 5. The average Bonchev–Trinajstić information content (AvgIpc) is 3.18. The molecule has 1 heterocycles. The van der Waals surface area contributed by atoms with E-state index in [0.29, 0.717) is 28.6 Å². The van der Waals surface area contributed by atoms with Crippen LogP contribution in [0.4, 0.5) is 0 Å². The van der Waals surface area contributed by atoms with Crippen molar-refractivity contribution < 1.29 is 37.8 Å². The van der Waals surface area contributed by atoms with Gasteiger partial charge in [0.25, 0.3) is 0 Å². The summed E-state index contributed by atoms with van der Waals surface area (Å²) in [5.41, 5.74) is 2.53. The second kappa shape index (κ2) is 11.0. The van der Waals surface area contributed by atoms with E-state index in [1.165, 1.54) is 33.5 Å². The molecule has 9 heteroatoms. The predicted molar refractivity (Wildman–Crippen MR) is 122 cm³/mol. The maximum absolute atomic E-state index is 12.8. The molecule has 3 rings (SSSR count). The molecule has 0 amide bonds. The van der Waals surface area contributed by atoms with Crippen LogP contribution in [0.5, 0.6) is 23.0 Å². The maximum Gasteiger partial charge on any atom is 0.343 e. The van der Waals surface area contributed by atoms with Gasteiger partial charge in [-0.15, -0.1) is 0 Å². The van der Waals surface area contributed by atoms with Crippen LogP contribution >= 0.6 is 0 Å². The summed E-state index contributed by atoms with van der Waals surface area (Å²) in [6, 6.07) is 9.63. The number of esters is 2. The fraction of sp³-hybridized carbons (Fsp3) is 0.240. The van der Waals surface area contributed by atoms with E-state index in [0.717, 1.165) is 11.3 Å². The lowest BCUT2D eigenvalue weighted by atomic mass is 10.1. The van der Waals surface area contributed by atoms with Crippen LogP contribution in [-0.4, -0.2) is 38.4 Å². The molecule has 34 heavy (non-hydrogen) atoms. The molecule has 0 bridgehead atoms. The lowest BCUT2D eigenvalue weighted by Crippen LogP contribution is -2.10. The van der Waals surface area contributed by atoms with E-state index in [4.69, 9.17) is 23.5 Å². The van der Waals surface area contributed by atoms with Crippen molar-refractivity contribution in [2.45, 2.75) is 20.5 Å². The zero-order valence-corrected chi connectivity index (χ0v) is 19.5. The molecule has 178 valence electrons. The Morgan fingerprint density at radius 1 is 0.941 bits per heavy atom. The summed E-state index contributed by atoms with van der Waals surface area (Å²) in [7, 11) is 4.23. The summed E-state index contributed by atoms with van der Waals surface area (Å²) in [6.45, 7) is 3.89. The smallest absolute Gasteiger partial charge is 0.343 e. The van der Waals surface area contributed by atoms with Gasteiger partial charge in [-0.2, -0.15) is 0 Å². The van der Waals surface area contributed by atoms with E-state index in [9.17, 15) is 9.59 Å². The van der Waals surface area contributed by atoms with E-state index in [1.807, 2.05) is 13.8 Å². The Hall–Kier alpha value is -4.27. The van der Waals surface area contributed by atoms with Crippen LogP contribution in [-0.2, 0) is 16.1 Å². The number of benzene rings is 2. The molecule has 0 atom stereocenters. The predicted octanol–water partition coefficient (Wildman–Crippen LogP) is 4.29.